The maximum absolute atomic E-state index is 11.9. The molecule has 6 nitrogen and oxygen atoms in total. The molecule has 36 heavy (non-hydrogen) atoms. The summed E-state index contributed by atoms with van der Waals surface area (Å²) < 4.78 is 0.0163. The lowest BCUT2D eigenvalue weighted by Crippen LogP contribution is -2.39. The number of carbonyl (C=O) groups excluding carboxylic acids is 1. The van der Waals surface area contributed by atoms with Crippen molar-refractivity contribution >= 4 is 63.5 Å². The Labute approximate surface area is 231 Å². The van der Waals surface area contributed by atoms with Crippen LogP contribution in [0.25, 0.3) is 0 Å². The molecule has 3 rings (SSSR count). The molecule has 0 saturated heterocycles. The number of halogens is 3. The number of rotatable bonds is 7. The first-order chi connectivity index (χ1) is 17.0. The maximum Gasteiger partial charge on any atom is 0.353 e. The molecular weight excluding hydrogens is 543 g/mol. The first-order valence-corrected chi connectivity index (χ1v) is 13.4. The highest BCUT2D eigenvalue weighted by Gasteiger charge is 2.44. The van der Waals surface area contributed by atoms with Gasteiger partial charge in [-0.25, -0.2) is 4.79 Å². The first kappa shape index (κ1) is 30.0. The van der Waals surface area contributed by atoms with Crippen LogP contribution in [0.5, 0.6) is 0 Å². The van der Waals surface area contributed by atoms with Gasteiger partial charge in [0, 0.05) is 29.0 Å². The lowest BCUT2D eigenvalue weighted by molar-refractivity contribution is -0.129. The van der Waals surface area contributed by atoms with Crippen LogP contribution >= 0.6 is 46.6 Å². The van der Waals surface area contributed by atoms with Crippen molar-refractivity contribution in [1.82, 2.24) is 4.90 Å². The molecule has 0 spiro atoms. The third kappa shape index (κ3) is 7.90. The monoisotopic (exact) mass is 570 g/mol. The fourth-order valence-corrected chi connectivity index (χ4v) is 5.13. The summed E-state index contributed by atoms with van der Waals surface area (Å²) in [5.74, 6) is -0.739. The van der Waals surface area contributed by atoms with Crippen molar-refractivity contribution in [2.75, 3.05) is 5.75 Å². The van der Waals surface area contributed by atoms with Crippen molar-refractivity contribution in [3.63, 3.8) is 0 Å². The fraction of sp³-hybridized carbons (Fsp3) is 0.346. The van der Waals surface area contributed by atoms with Crippen LogP contribution in [0.2, 0.25) is 0 Å². The zero-order valence-corrected chi connectivity index (χ0v) is 23.5. The smallest absolute Gasteiger partial charge is 0.353 e. The molecule has 10 heteroatoms. The topological polar surface area (TPSA) is 79.2 Å². The van der Waals surface area contributed by atoms with Gasteiger partial charge >= 0.3 is 5.97 Å². The molecule has 1 heterocycles. The number of oxime groups is 1. The number of carbonyl (C=O) groups is 2. The van der Waals surface area contributed by atoms with Gasteiger partial charge in [0.25, 0.3) is 5.24 Å². The van der Waals surface area contributed by atoms with E-state index in [1.54, 1.807) is 4.90 Å². The zero-order valence-electron chi connectivity index (χ0n) is 20.5. The summed E-state index contributed by atoms with van der Waals surface area (Å²) >= 11 is 17.8. The van der Waals surface area contributed by atoms with Crippen molar-refractivity contribution in [2.24, 2.45) is 5.16 Å². The summed E-state index contributed by atoms with van der Waals surface area (Å²) in [6.45, 7) is 7.91. The van der Waals surface area contributed by atoms with Gasteiger partial charge in [-0.15, -0.1) is 0 Å². The van der Waals surface area contributed by atoms with Crippen molar-refractivity contribution in [1.29, 1.82) is 0 Å². The number of nitrogens with zero attached hydrogens (tertiary/aromatic N) is 2. The summed E-state index contributed by atoms with van der Waals surface area (Å²) in [6.07, 6.45) is 0.219. The minimum Gasteiger partial charge on any atom is -0.477 e. The van der Waals surface area contributed by atoms with E-state index in [2.05, 4.69) is 5.16 Å². The van der Waals surface area contributed by atoms with Gasteiger partial charge in [-0.05, 0) is 27.7 Å². The molecule has 0 fully saturated rings. The Kier molecular flexibility index (Phi) is 11.6. The molecule has 0 aromatic heterocycles. The predicted molar refractivity (Wildman–Crippen MR) is 149 cm³/mol. The van der Waals surface area contributed by atoms with Crippen LogP contribution in [-0.2, 0) is 15.2 Å². The first-order valence-electron chi connectivity index (χ1n) is 11.2. The van der Waals surface area contributed by atoms with Crippen LogP contribution in [0.15, 0.2) is 75.3 Å². The van der Waals surface area contributed by atoms with Gasteiger partial charge in [-0.1, -0.05) is 112 Å². The lowest BCUT2D eigenvalue weighted by Gasteiger charge is -2.30. The molecule has 0 unspecified atom stereocenters. The van der Waals surface area contributed by atoms with Crippen LogP contribution in [0.4, 0.5) is 4.79 Å². The van der Waals surface area contributed by atoms with Gasteiger partial charge in [0.05, 0.1) is 11.5 Å². The van der Waals surface area contributed by atoms with Gasteiger partial charge in [0.1, 0.15) is 4.49 Å². The molecule has 1 N–H and O–H groups in total. The highest BCUT2D eigenvalue weighted by molar-refractivity contribution is 8.13. The summed E-state index contributed by atoms with van der Waals surface area (Å²) in [4.78, 5) is 30.4. The number of amides is 1. The van der Waals surface area contributed by atoms with Crippen molar-refractivity contribution in [2.45, 2.75) is 51.8 Å². The van der Waals surface area contributed by atoms with Crippen LogP contribution in [-0.4, -0.2) is 44.8 Å². The third-order valence-corrected chi connectivity index (χ3v) is 7.33. The highest BCUT2D eigenvalue weighted by Crippen LogP contribution is 2.41. The summed E-state index contributed by atoms with van der Waals surface area (Å²) in [5, 5.41) is 13.2. The van der Waals surface area contributed by atoms with Gasteiger partial charge in [-0.2, -0.15) is 0 Å². The Morgan fingerprint density at radius 1 is 0.972 bits per heavy atom. The largest absolute Gasteiger partial charge is 0.477 e. The van der Waals surface area contributed by atoms with Crippen LogP contribution in [0.3, 0.4) is 0 Å². The Bertz CT molecular complexity index is 1040. The quantitative estimate of drug-likeness (QED) is 0.369. The van der Waals surface area contributed by atoms with E-state index in [1.807, 2.05) is 88.4 Å². The number of hydrogen-bond donors (Lipinski definition) is 1. The standard InChI is InChI=1S/C16H13NO3.C10H16Cl3NOS/c18-15(19)14-11-16(20-17-14,12-7-3-1-4-8-12)13-9-5-2-6-10-13;1-6(2)14(7(3)4)10(15)16-5-8(11)9(12)13/h1-10H,11H2,(H,18,19);6-7H,5H2,1-4H3. The van der Waals surface area contributed by atoms with Gasteiger partial charge < -0.3 is 14.8 Å². The second kappa shape index (κ2) is 13.9. The van der Waals surface area contributed by atoms with E-state index in [1.165, 1.54) is 0 Å². The second-order valence-electron chi connectivity index (χ2n) is 8.48. The number of aliphatic carboxylic acids is 1. The van der Waals surface area contributed by atoms with Gasteiger partial charge in [0.2, 0.25) is 0 Å². The molecule has 194 valence electrons. The second-order valence-corrected chi connectivity index (χ2v) is 10.8. The molecule has 1 amide bonds. The number of benzene rings is 2. The van der Waals surface area contributed by atoms with Crippen molar-refractivity contribution < 1.29 is 19.5 Å². The predicted octanol–water partition coefficient (Wildman–Crippen LogP) is 7.64. The Balaban J connectivity index is 0.000000262. The molecule has 0 atom stereocenters. The SMILES string of the molecule is CC(C)N(C(=O)SCC(Cl)=C(Cl)Cl)C(C)C.O=C(O)C1=NOC(c2ccccc2)(c2ccccc2)C1. The minimum absolute atomic E-state index is 0.0160. The highest BCUT2D eigenvalue weighted by atomic mass is 35.5. The molecule has 1 aliphatic rings. The van der Waals surface area contributed by atoms with E-state index < -0.39 is 11.6 Å². The molecule has 0 aliphatic carbocycles. The number of thioether (sulfide) groups is 1. The number of carboxylic acids is 1. The average Bonchev–Trinajstić information content (AvgIpc) is 3.31. The number of carboxylic acid groups (broad SMARTS) is 1. The average molecular weight is 572 g/mol. The summed E-state index contributed by atoms with van der Waals surface area (Å²) in [6, 6.07) is 19.5. The maximum atomic E-state index is 11.9. The summed E-state index contributed by atoms with van der Waals surface area (Å²) in [7, 11) is 0. The molecule has 2 aromatic carbocycles. The molecule has 2 aromatic rings. The van der Waals surface area contributed by atoms with Crippen LogP contribution in [0, 0.1) is 0 Å². The van der Waals surface area contributed by atoms with Crippen LogP contribution < -0.4 is 0 Å². The van der Waals surface area contributed by atoms with Gasteiger partial charge in [-0.3, -0.25) is 4.79 Å². The molecule has 0 saturated carbocycles. The molecule has 0 radical (unpaired) electrons. The zero-order chi connectivity index (χ0) is 26.9. The van der Waals surface area contributed by atoms with Crippen LogP contribution in [0.1, 0.15) is 45.2 Å². The molecular formula is C26H29Cl3N2O4S. The number of hydrogen-bond acceptors (Lipinski definition) is 5. The minimum atomic E-state index is -1.04. The molecule has 0 bridgehead atoms. The lowest BCUT2D eigenvalue weighted by atomic mass is 9.82. The Morgan fingerprint density at radius 2 is 1.44 bits per heavy atom. The molecule has 1 aliphatic heterocycles. The van der Waals surface area contributed by atoms with E-state index >= 15 is 0 Å². The third-order valence-electron chi connectivity index (χ3n) is 5.31. The van der Waals surface area contributed by atoms with Crippen molar-refractivity contribution in [3.05, 3.63) is 81.3 Å². The van der Waals surface area contributed by atoms with E-state index in [-0.39, 0.29) is 33.9 Å². The fourth-order valence-electron chi connectivity index (χ4n) is 3.71. The van der Waals surface area contributed by atoms with E-state index in [9.17, 15) is 9.59 Å². The van der Waals surface area contributed by atoms with E-state index in [4.69, 9.17) is 44.7 Å². The van der Waals surface area contributed by atoms with Gasteiger partial charge in [0.15, 0.2) is 11.3 Å². The summed E-state index contributed by atoms with van der Waals surface area (Å²) in [5.41, 5.74) is 0.978. The Hall–Kier alpha value is -2.19. The van der Waals surface area contributed by atoms with E-state index in [0.29, 0.717) is 10.8 Å². The normalized spacial score (nSPS) is 13.9. The Morgan fingerprint density at radius 3 is 1.81 bits per heavy atom. The van der Waals surface area contributed by atoms with E-state index in [0.717, 1.165) is 22.9 Å². The van der Waals surface area contributed by atoms with Crippen molar-refractivity contribution in [3.8, 4) is 0 Å².